The van der Waals surface area contributed by atoms with Crippen LogP contribution in [0.15, 0.2) is 18.2 Å². The van der Waals surface area contributed by atoms with Gasteiger partial charge in [-0.1, -0.05) is 0 Å². The van der Waals surface area contributed by atoms with Gasteiger partial charge in [0.15, 0.2) is 0 Å². The lowest BCUT2D eigenvalue weighted by Crippen LogP contribution is -2.45. The maximum absolute atomic E-state index is 13.6. The molecular weight excluding hydrogens is 429 g/mol. The summed E-state index contributed by atoms with van der Waals surface area (Å²) in [6, 6.07) is 5.02. The number of hydrogen-bond acceptors (Lipinski definition) is 6. The number of carbonyl (C=O) groups is 2. The lowest BCUT2D eigenvalue weighted by molar-refractivity contribution is -0.152. The van der Waals surface area contributed by atoms with Crippen molar-refractivity contribution in [3.8, 4) is 6.07 Å². The van der Waals surface area contributed by atoms with Crippen molar-refractivity contribution < 1.29 is 18.8 Å². The van der Waals surface area contributed by atoms with Gasteiger partial charge in [-0.15, -0.1) is 0 Å². The number of hydrogen-bond donors (Lipinski definition) is 1. The maximum atomic E-state index is 13.6. The number of aromatic nitrogens is 2. The van der Waals surface area contributed by atoms with Gasteiger partial charge in [0.25, 0.3) is 5.91 Å². The van der Waals surface area contributed by atoms with Crippen LogP contribution in [0.3, 0.4) is 0 Å². The fourth-order valence-electron chi connectivity index (χ4n) is 4.27. The number of nitrogens with one attached hydrogen (secondary N) is 1. The Bertz CT molecular complexity index is 1140. The third kappa shape index (κ3) is 4.40. The Morgan fingerprint density at radius 2 is 2.18 bits per heavy atom. The van der Waals surface area contributed by atoms with Crippen molar-refractivity contribution in [3.63, 3.8) is 0 Å². The maximum Gasteiger partial charge on any atom is 0.322 e. The monoisotopic (exact) mass is 455 g/mol. The van der Waals surface area contributed by atoms with Gasteiger partial charge in [-0.3, -0.25) is 14.3 Å². The largest absolute Gasteiger partial charge is 0.322 e. The van der Waals surface area contributed by atoms with E-state index in [0.29, 0.717) is 36.5 Å². The molecule has 2 aromatic rings. The van der Waals surface area contributed by atoms with E-state index in [4.69, 9.17) is 10.1 Å². The summed E-state index contributed by atoms with van der Waals surface area (Å²) in [6.45, 7) is 3.14. The van der Waals surface area contributed by atoms with Gasteiger partial charge < -0.3 is 15.1 Å². The molecule has 2 atom stereocenters. The minimum Gasteiger partial charge on any atom is -0.317 e. The second-order valence-electron chi connectivity index (χ2n) is 8.67. The highest BCUT2D eigenvalue weighted by atomic mass is 19.1. The molecule has 3 amide bonds. The van der Waals surface area contributed by atoms with Crippen molar-refractivity contribution in [1.82, 2.24) is 24.6 Å². The Morgan fingerprint density at radius 1 is 1.42 bits per heavy atom. The normalized spacial score (nSPS) is 20.2. The first-order chi connectivity index (χ1) is 15.7. The standard InChI is InChI=1S/C22H26FN7O3/c1-13-7-19-17(12-29(13)22(32)25-15-5-6-18(23)14(8-15)9-24)20-21(31)28(4)33-16(10-27(2)3)11-30(20)26-19/h5-6,8,13,16H,7,10-12H2,1-4H3,(H,25,32)/t13-,16?/m1/s1. The minimum absolute atomic E-state index is 0.148. The number of anilines is 1. The summed E-state index contributed by atoms with van der Waals surface area (Å²) >= 11 is 0. The molecule has 0 radical (unpaired) electrons. The quantitative estimate of drug-likeness (QED) is 0.757. The van der Waals surface area contributed by atoms with Crippen LogP contribution in [0, 0.1) is 17.1 Å². The highest BCUT2D eigenvalue weighted by Gasteiger charge is 2.37. The summed E-state index contributed by atoms with van der Waals surface area (Å²) in [4.78, 5) is 35.5. The Kier molecular flexibility index (Phi) is 6.05. The number of rotatable bonds is 3. The van der Waals surface area contributed by atoms with Gasteiger partial charge >= 0.3 is 6.03 Å². The molecule has 1 aromatic heterocycles. The van der Waals surface area contributed by atoms with Crippen LogP contribution in [0.25, 0.3) is 0 Å². The third-order valence-corrected chi connectivity index (χ3v) is 5.82. The molecule has 2 aliphatic rings. The highest BCUT2D eigenvalue weighted by molar-refractivity contribution is 5.94. The Labute approximate surface area is 191 Å². The van der Waals surface area contributed by atoms with Gasteiger partial charge in [-0.05, 0) is 39.2 Å². The van der Waals surface area contributed by atoms with E-state index in [1.54, 1.807) is 22.7 Å². The smallest absolute Gasteiger partial charge is 0.317 e. The number of likely N-dealkylation sites (N-methyl/N-ethyl adjacent to an activating group) is 1. The van der Waals surface area contributed by atoms with Gasteiger partial charge in [-0.2, -0.15) is 10.4 Å². The molecule has 11 heteroatoms. The zero-order valence-corrected chi connectivity index (χ0v) is 19.0. The molecule has 4 rings (SSSR count). The Hall–Kier alpha value is -3.49. The van der Waals surface area contributed by atoms with Gasteiger partial charge in [0.1, 0.15) is 23.7 Å². The average Bonchev–Trinajstić information content (AvgIpc) is 3.04. The number of fused-ring (bicyclic) bond motifs is 3. The van der Waals surface area contributed by atoms with E-state index in [1.807, 2.05) is 25.9 Å². The molecule has 2 aliphatic heterocycles. The van der Waals surface area contributed by atoms with Crippen molar-refractivity contribution in [2.75, 3.05) is 33.0 Å². The summed E-state index contributed by atoms with van der Waals surface area (Å²) < 4.78 is 15.3. The molecule has 0 spiro atoms. The molecule has 0 fully saturated rings. The summed E-state index contributed by atoms with van der Waals surface area (Å²) in [5.74, 6) is -0.955. The van der Waals surface area contributed by atoms with E-state index in [1.165, 1.54) is 17.2 Å². The van der Waals surface area contributed by atoms with Crippen LogP contribution in [0.4, 0.5) is 14.9 Å². The van der Waals surface area contributed by atoms with E-state index in [2.05, 4.69) is 10.4 Å². The van der Waals surface area contributed by atoms with Crippen LogP contribution < -0.4 is 5.32 Å². The summed E-state index contributed by atoms with van der Waals surface area (Å²) in [7, 11) is 5.45. The predicted octanol–water partition coefficient (Wildman–Crippen LogP) is 1.82. The van der Waals surface area contributed by atoms with Crippen molar-refractivity contribution in [2.45, 2.75) is 38.6 Å². The van der Waals surface area contributed by atoms with Crippen LogP contribution in [-0.4, -0.2) is 76.4 Å². The molecule has 1 unspecified atom stereocenters. The predicted molar refractivity (Wildman–Crippen MR) is 117 cm³/mol. The van der Waals surface area contributed by atoms with Gasteiger partial charge in [0.2, 0.25) is 0 Å². The van der Waals surface area contributed by atoms with Crippen LogP contribution in [0.2, 0.25) is 0 Å². The van der Waals surface area contributed by atoms with Crippen LogP contribution in [0.5, 0.6) is 0 Å². The number of halogens is 1. The molecular formula is C22H26FN7O3. The second-order valence-corrected chi connectivity index (χ2v) is 8.67. The van der Waals surface area contributed by atoms with Crippen LogP contribution in [-0.2, 0) is 24.3 Å². The van der Waals surface area contributed by atoms with Crippen molar-refractivity contribution in [2.24, 2.45) is 0 Å². The third-order valence-electron chi connectivity index (χ3n) is 5.82. The van der Waals surface area contributed by atoms with Crippen molar-refractivity contribution in [3.05, 3.63) is 46.5 Å². The Morgan fingerprint density at radius 3 is 2.88 bits per heavy atom. The number of nitrogens with zero attached hydrogens (tertiary/aromatic N) is 6. The zero-order valence-electron chi connectivity index (χ0n) is 19.0. The first-order valence-corrected chi connectivity index (χ1v) is 10.6. The lowest BCUT2D eigenvalue weighted by Gasteiger charge is -2.33. The molecule has 1 N–H and O–H groups in total. The van der Waals surface area contributed by atoms with Gasteiger partial charge in [-0.25, -0.2) is 14.2 Å². The summed E-state index contributed by atoms with van der Waals surface area (Å²) in [5, 5.41) is 17.7. The molecule has 3 heterocycles. The zero-order chi connectivity index (χ0) is 23.9. The number of benzene rings is 1. The molecule has 174 valence electrons. The minimum atomic E-state index is -0.647. The van der Waals surface area contributed by atoms with E-state index in [9.17, 15) is 14.0 Å². The first kappa shape index (κ1) is 22.7. The molecule has 1 aromatic carbocycles. The second kappa shape index (κ2) is 8.80. The SMILES string of the molecule is C[C@@H]1Cc2nn3c(c2CN1C(=O)Nc1ccc(F)c(C#N)c1)C(=O)N(C)OC(CN(C)C)C3. The highest BCUT2D eigenvalue weighted by Crippen LogP contribution is 2.29. The molecule has 33 heavy (non-hydrogen) atoms. The topological polar surface area (TPSA) is 107 Å². The molecule has 0 saturated heterocycles. The molecule has 0 saturated carbocycles. The Balaban J connectivity index is 1.60. The number of nitriles is 1. The van der Waals surface area contributed by atoms with Crippen LogP contribution in [0.1, 0.15) is 34.2 Å². The first-order valence-electron chi connectivity index (χ1n) is 10.6. The van der Waals surface area contributed by atoms with E-state index >= 15 is 0 Å². The summed E-state index contributed by atoms with van der Waals surface area (Å²) in [6.07, 6.45) is 0.243. The van der Waals surface area contributed by atoms with E-state index < -0.39 is 11.8 Å². The van der Waals surface area contributed by atoms with Gasteiger partial charge in [0.05, 0.1) is 24.3 Å². The molecule has 0 aliphatic carbocycles. The molecule has 0 bridgehead atoms. The fourth-order valence-corrected chi connectivity index (χ4v) is 4.27. The average molecular weight is 455 g/mol. The number of amides is 3. The lowest BCUT2D eigenvalue weighted by atomic mass is 9.99. The van der Waals surface area contributed by atoms with Gasteiger partial charge in [0, 0.05) is 37.3 Å². The van der Waals surface area contributed by atoms with Crippen molar-refractivity contribution in [1.29, 1.82) is 5.26 Å². The van der Waals surface area contributed by atoms with E-state index in [-0.39, 0.29) is 30.2 Å². The number of carbonyl (C=O) groups excluding carboxylic acids is 2. The van der Waals surface area contributed by atoms with Crippen LogP contribution >= 0.6 is 0 Å². The van der Waals surface area contributed by atoms with Crippen molar-refractivity contribution >= 4 is 17.6 Å². The number of hydroxylamine groups is 2. The molecule has 10 nitrogen and oxygen atoms in total. The van der Waals surface area contributed by atoms with E-state index in [0.717, 1.165) is 11.8 Å². The number of urea groups is 1. The fraction of sp³-hybridized carbons (Fsp3) is 0.455. The summed E-state index contributed by atoms with van der Waals surface area (Å²) in [5.41, 5.74) is 2.09.